The van der Waals surface area contributed by atoms with E-state index in [1.165, 1.54) is 0 Å². The van der Waals surface area contributed by atoms with Gasteiger partial charge >= 0.3 is 0 Å². The van der Waals surface area contributed by atoms with Crippen molar-refractivity contribution in [2.45, 2.75) is 53.5 Å². The first-order valence-corrected chi connectivity index (χ1v) is 10.5. The van der Waals surface area contributed by atoms with Crippen molar-refractivity contribution in [2.24, 2.45) is 0 Å². The molecule has 1 N–H and O–H groups in total. The summed E-state index contributed by atoms with van der Waals surface area (Å²) in [4.78, 5) is 12.9. The van der Waals surface area contributed by atoms with Crippen molar-refractivity contribution in [3.63, 3.8) is 0 Å². The lowest BCUT2D eigenvalue weighted by Crippen LogP contribution is -2.24. The van der Waals surface area contributed by atoms with Gasteiger partial charge in [-0.05, 0) is 50.5 Å². The minimum atomic E-state index is -0.126. The van der Waals surface area contributed by atoms with Gasteiger partial charge in [0.1, 0.15) is 0 Å². The van der Waals surface area contributed by atoms with Crippen LogP contribution in [0.15, 0.2) is 48.5 Å². The second kappa shape index (κ2) is 9.92. The minimum absolute atomic E-state index is 0.126. The number of amides is 1. The van der Waals surface area contributed by atoms with Crippen LogP contribution in [0.3, 0.4) is 0 Å². The molecule has 2 aromatic carbocycles. The van der Waals surface area contributed by atoms with Crippen LogP contribution < -0.4 is 5.32 Å². The fraction of sp³-hybridized carbons (Fsp3) is 0.333. The van der Waals surface area contributed by atoms with E-state index < -0.39 is 0 Å². The van der Waals surface area contributed by atoms with E-state index in [0.29, 0.717) is 36.0 Å². The molecular weight excluding hydrogens is 398 g/mol. The molecule has 0 aliphatic rings. The normalized spacial score (nSPS) is 11.1. The molecule has 0 aliphatic carbocycles. The number of rotatable bonds is 8. The van der Waals surface area contributed by atoms with Crippen LogP contribution in [-0.2, 0) is 24.4 Å². The highest BCUT2D eigenvalue weighted by Crippen LogP contribution is 2.19. The van der Waals surface area contributed by atoms with E-state index in [1.54, 1.807) is 0 Å². The molecule has 1 aromatic heterocycles. The largest absolute Gasteiger partial charge is 0.374 e. The van der Waals surface area contributed by atoms with Gasteiger partial charge in [0.2, 0.25) is 0 Å². The quantitative estimate of drug-likeness (QED) is 0.549. The Labute approximate surface area is 183 Å². The van der Waals surface area contributed by atoms with Crippen molar-refractivity contribution in [3.05, 3.63) is 87.2 Å². The van der Waals surface area contributed by atoms with Crippen LogP contribution in [0.2, 0.25) is 5.02 Å². The van der Waals surface area contributed by atoms with Crippen LogP contribution in [-0.4, -0.2) is 21.8 Å². The number of halogens is 1. The van der Waals surface area contributed by atoms with Gasteiger partial charge < -0.3 is 10.1 Å². The number of benzene rings is 2. The predicted molar refractivity (Wildman–Crippen MR) is 120 cm³/mol. The molecule has 0 fully saturated rings. The number of carbonyl (C=O) groups is 1. The summed E-state index contributed by atoms with van der Waals surface area (Å²) in [6.07, 6.45) is 0.182. The van der Waals surface area contributed by atoms with Crippen LogP contribution in [0, 0.1) is 13.8 Å². The summed E-state index contributed by atoms with van der Waals surface area (Å²) in [5.41, 5.74) is 5.24. The summed E-state index contributed by atoms with van der Waals surface area (Å²) in [6.45, 7) is 9.33. The molecule has 3 aromatic rings. The molecule has 6 heteroatoms. The van der Waals surface area contributed by atoms with E-state index >= 15 is 0 Å². The molecule has 3 rings (SSSR count). The molecule has 1 amide bonds. The van der Waals surface area contributed by atoms with E-state index in [9.17, 15) is 4.79 Å². The fourth-order valence-corrected chi connectivity index (χ4v) is 3.53. The zero-order valence-corrected chi connectivity index (χ0v) is 18.7. The topological polar surface area (TPSA) is 56.2 Å². The van der Waals surface area contributed by atoms with Gasteiger partial charge in [0.15, 0.2) is 0 Å². The molecule has 0 unspecified atom stereocenters. The van der Waals surface area contributed by atoms with Gasteiger partial charge in [0.05, 0.1) is 30.5 Å². The maximum atomic E-state index is 12.9. The number of ether oxygens (including phenoxy) is 1. The lowest BCUT2D eigenvalue weighted by atomic mass is 10.1. The molecule has 0 saturated carbocycles. The Balaban J connectivity index is 1.68. The summed E-state index contributed by atoms with van der Waals surface area (Å²) < 4.78 is 7.49. The lowest BCUT2D eigenvalue weighted by molar-refractivity contribution is 0.0657. The number of carbonyl (C=O) groups excluding carboxylic acids is 1. The van der Waals surface area contributed by atoms with E-state index in [4.69, 9.17) is 16.3 Å². The number of nitrogens with one attached hydrogen (secondary N) is 1. The van der Waals surface area contributed by atoms with Gasteiger partial charge in [-0.1, -0.05) is 54.1 Å². The monoisotopic (exact) mass is 425 g/mol. The average Bonchev–Trinajstić information content (AvgIpc) is 3.00. The Kier molecular flexibility index (Phi) is 7.29. The predicted octanol–water partition coefficient (Wildman–Crippen LogP) is 5.06. The maximum absolute atomic E-state index is 12.9. The van der Waals surface area contributed by atoms with E-state index in [-0.39, 0.29) is 12.0 Å². The molecule has 0 bridgehead atoms. The van der Waals surface area contributed by atoms with E-state index in [0.717, 1.165) is 22.4 Å². The van der Waals surface area contributed by atoms with Crippen LogP contribution in [0.25, 0.3) is 0 Å². The highest BCUT2D eigenvalue weighted by molar-refractivity contribution is 6.31. The number of nitrogens with zero attached hydrogens (tertiary/aromatic N) is 2. The molecule has 0 atom stereocenters. The van der Waals surface area contributed by atoms with Gasteiger partial charge in [-0.15, -0.1) is 0 Å². The Hall–Kier alpha value is -2.63. The SMILES string of the molecule is Cc1nn(Cc2ccccc2Cl)c(C)c1C(=O)NCc1cccc(COC(C)C)c1. The third-order valence-corrected chi connectivity index (χ3v) is 5.28. The first-order valence-electron chi connectivity index (χ1n) is 10.1. The molecule has 0 radical (unpaired) electrons. The van der Waals surface area contributed by atoms with Crippen molar-refractivity contribution in [1.29, 1.82) is 0 Å². The minimum Gasteiger partial charge on any atom is -0.374 e. The Morgan fingerprint density at radius 3 is 2.60 bits per heavy atom. The summed E-state index contributed by atoms with van der Waals surface area (Å²) in [5, 5.41) is 8.27. The first-order chi connectivity index (χ1) is 14.3. The van der Waals surface area contributed by atoms with Crippen molar-refractivity contribution in [3.8, 4) is 0 Å². The van der Waals surface area contributed by atoms with E-state index in [1.807, 2.05) is 74.8 Å². The lowest BCUT2D eigenvalue weighted by Gasteiger charge is -2.10. The van der Waals surface area contributed by atoms with Gasteiger partial charge in [-0.3, -0.25) is 9.48 Å². The molecule has 0 aliphatic heterocycles. The molecule has 0 spiro atoms. The van der Waals surface area contributed by atoms with Crippen LogP contribution in [0.1, 0.15) is 52.3 Å². The molecule has 0 saturated heterocycles. The summed E-state index contributed by atoms with van der Waals surface area (Å²) in [5.74, 6) is -0.126. The van der Waals surface area contributed by atoms with Crippen LogP contribution in [0.5, 0.6) is 0 Å². The summed E-state index contributed by atoms with van der Waals surface area (Å²) in [7, 11) is 0. The zero-order valence-electron chi connectivity index (χ0n) is 17.9. The van der Waals surface area contributed by atoms with Crippen molar-refractivity contribution >= 4 is 17.5 Å². The highest BCUT2D eigenvalue weighted by atomic mass is 35.5. The van der Waals surface area contributed by atoms with Crippen LogP contribution >= 0.6 is 11.6 Å². The molecular formula is C24H28ClN3O2. The number of hydrogen-bond acceptors (Lipinski definition) is 3. The van der Waals surface area contributed by atoms with E-state index in [2.05, 4.69) is 16.5 Å². The second-order valence-corrected chi connectivity index (χ2v) is 8.06. The van der Waals surface area contributed by atoms with Gasteiger partial charge in [-0.25, -0.2) is 0 Å². The van der Waals surface area contributed by atoms with Crippen molar-refractivity contribution in [2.75, 3.05) is 0 Å². The molecule has 5 nitrogen and oxygen atoms in total. The zero-order chi connectivity index (χ0) is 21.7. The summed E-state index contributed by atoms with van der Waals surface area (Å²) in [6, 6.07) is 15.7. The maximum Gasteiger partial charge on any atom is 0.255 e. The van der Waals surface area contributed by atoms with Crippen LogP contribution in [0.4, 0.5) is 0 Å². The summed E-state index contributed by atoms with van der Waals surface area (Å²) >= 11 is 6.28. The fourth-order valence-electron chi connectivity index (χ4n) is 3.33. The highest BCUT2D eigenvalue weighted by Gasteiger charge is 2.19. The Bertz CT molecular complexity index is 1030. The smallest absolute Gasteiger partial charge is 0.255 e. The second-order valence-electron chi connectivity index (χ2n) is 7.66. The average molecular weight is 426 g/mol. The standard InChI is InChI=1S/C24H28ClN3O2/c1-16(2)30-15-20-9-7-8-19(12-20)13-26-24(29)23-17(3)27-28(18(23)4)14-21-10-5-6-11-22(21)25/h5-12,16H,13-15H2,1-4H3,(H,26,29). The Morgan fingerprint density at radius 2 is 1.87 bits per heavy atom. The van der Waals surface area contributed by atoms with Crippen molar-refractivity contribution < 1.29 is 9.53 Å². The van der Waals surface area contributed by atoms with Gasteiger partial charge in [0, 0.05) is 17.3 Å². The third-order valence-electron chi connectivity index (χ3n) is 4.91. The number of aryl methyl sites for hydroxylation is 1. The third kappa shape index (κ3) is 5.49. The van der Waals surface area contributed by atoms with Crippen molar-refractivity contribution in [1.82, 2.24) is 15.1 Å². The Morgan fingerprint density at radius 1 is 1.13 bits per heavy atom. The molecule has 1 heterocycles. The number of aromatic nitrogens is 2. The van der Waals surface area contributed by atoms with Gasteiger partial charge in [0.25, 0.3) is 5.91 Å². The number of hydrogen-bond donors (Lipinski definition) is 1. The molecule has 30 heavy (non-hydrogen) atoms. The van der Waals surface area contributed by atoms with Gasteiger partial charge in [-0.2, -0.15) is 5.10 Å². The first kappa shape index (κ1) is 22.1. The molecule has 158 valence electrons.